The number of carbonyl (C=O) groups is 1. The molecule has 0 aliphatic heterocycles. The van der Waals surface area contributed by atoms with Crippen LogP contribution in [0.2, 0.25) is 5.02 Å². The van der Waals surface area contributed by atoms with E-state index in [0.717, 1.165) is 16.5 Å². The van der Waals surface area contributed by atoms with E-state index in [0.29, 0.717) is 17.3 Å². The molecule has 1 N–H and O–H groups in total. The number of hydrogen-bond donors (Lipinski definition) is 1. The first-order valence-electron chi connectivity index (χ1n) is 8.63. The standard InChI is InChI=1S/C21H16ClFN4O/c1-12-10-18(24-17-9-4-3-6-14(12)17)27-19(11-13(2)26-27)25-21(28)20-15(22)7-5-8-16(20)23/h3-11H,1-2H3,(H,25,28). The average molecular weight is 395 g/mol. The molecule has 1 amide bonds. The molecule has 0 aliphatic carbocycles. The van der Waals surface area contributed by atoms with Crippen molar-refractivity contribution in [2.24, 2.45) is 0 Å². The molecule has 28 heavy (non-hydrogen) atoms. The van der Waals surface area contributed by atoms with Gasteiger partial charge in [0.1, 0.15) is 11.6 Å². The number of benzene rings is 2. The molecule has 2 aromatic heterocycles. The second-order valence-corrected chi connectivity index (χ2v) is 6.86. The number of pyridine rings is 1. The molecule has 0 saturated heterocycles. The molecule has 0 aliphatic rings. The number of rotatable bonds is 3. The topological polar surface area (TPSA) is 59.8 Å². The van der Waals surface area contributed by atoms with Crippen LogP contribution in [0.1, 0.15) is 21.6 Å². The number of anilines is 1. The fraction of sp³-hybridized carbons (Fsp3) is 0.0952. The summed E-state index contributed by atoms with van der Waals surface area (Å²) in [6.45, 7) is 3.79. The number of nitrogens with zero attached hydrogens (tertiary/aromatic N) is 3. The van der Waals surface area contributed by atoms with Crippen LogP contribution in [-0.4, -0.2) is 20.7 Å². The number of fused-ring (bicyclic) bond motifs is 1. The number of aromatic nitrogens is 3. The number of halogens is 2. The number of hydrogen-bond acceptors (Lipinski definition) is 3. The number of carbonyl (C=O) groups excluding carboxylic acids is 1. The first-order chi connectivity index (χ1) is 13.4. The second kappa shape index (κ2) is 7.05. The van der Waals surface area contributed by atoms with Gasteiger partial charge in [-0.3, -0.25) is 4.79 Å². The van der Waals surface area contributed by atoms with Crippen LogP contribution < -0.4 is 5.32 Å². The van der Waals surface area contributed by atoms with Gasteiger partial charge in [-0.05, 0) is 43.7 Å². The quantitative estimate of drug-likeness (QED) is 0.527. The number of aryl methyl sites for hydroxylation is 2. The van der Waals surface area contributed by atoms with Gasteiger partial charge in [0.15, 0.2) is 5.82 Å². The molecule has 2 aromatic carbocycles. The smallest absolute Gasteiger partial charge is 0.261 e. The Hall–Kier alpha value is -3.25. The Kier molecular flexibility index (Phi) is 4.57. The molecular weight excluding hydrogens is 379 g/mol. The maximum Gasteiger partial charge on any atom is 0.261 e. The Labute approximate surface area is 165 Å². The highest BCUT2D eigenvalue weighted by Crippen LogP contribution is 2.24. The molecule has 7 heteroatoms. The number of amides is 1. The molecule has 5 nitrogen and oxygen atoms in total. The normalized spacial score (nSPS) is 11.0. The van der Waals surface area contributed by atoms with E-state index < -0.39 is 11.7 Å². The summed E-state index contributed by atoms with van der Waals surface area (Å²) in [6, 6.07) is 15.5. The van der Waals surface area contributed by atoms with Crippen LogP contribution >= 0.6 is 11.6 Å². The predicted molar refractivity (Wildman–Crippen MR) is 108 cm³/mol. The van der Waals surface area contributed by atoms with Crippen molar-refractivity contribution in [1.82, 2.24) is 14.8 Å². The Morgan fingerprint density at radius 3 is 2.68 bits per heavy atom. The van der Waals surface area contributed by atoms with E-state index >= 15 is 0 Å². The van der Waals surface area contributed by atoms with E-state index in [-0.39, 0.29) is 10.6 Å². The molecule has 0 saturated carbocycles. The number of nitrogens with one attached hydrogen (secondary N) is 1. The minimum Gasteiger partial charge on any atom is -0.306 e. The van der Waals surface area contributed by atoms with Crippen molar-refractivity contribution in [3.63, 3.8) is 0 Å². The van der Waals surface area contributed by atoms with Gasteiger partial charge in [0.2, 0.25) is 0 Å². The summed E-state index contributed by atoms with van der Waals surface area (Å²) in [5.74, 6) is -0.405. The average Bonchev–Trinajstić information content (AvgIpc) is 3.01. The Bertz CT molecular complexity index is 1200. The second-order valence-electron chi connectivity index (χ2n) is 6.45. The monoisotopic (exact) mass is 394 g/mol. The summed E-state index contributed by atoms with van der Waals surface area (Å²) in [5, 5.41) is 8.21. The van der Waals surface area contributed by atoms with E-state index in [1.54, 1.807) is 13.0 Å². The molecule has 4 aromatic rings. The van der Waals surface area contributed by atoms with Gasteiger partial charge in [-0.1, -0.05) is 35.9 Å². The van der Waals surface area contributed by atoms with Crippen molar-refractivity contribution < 1.29 is 9.18 Å². The maximum atomic E-state index is 14.1. The van der Waals surface area contributed by atoms with Crippen LogP contribution in [0.5, 0.6) is 0 Å². The summed E-state index contributed by atoms with van der Waals surface area (Å²) in [7, 11) is 0. The van der Waals surface area contributed by atoms with Crippen molar-refractivity contribution >= 4 is 34.2 Å². The van der Waals surface area contributed by atoms with Crippen molar-refractivity contribution in [3.8, 4) is 5.82 Å². The van der Waals surface area contributed by atoms with Gasteiger partial charge in [0.05, 0.1) is 21.8 Å². The molecule has 0 atom stereocenters. The summed E-state index contributed by atoms with van der Waals surface area (Å²) in [5.41, 5.74) is 2.32. The third kappa shape index (κ3) is 3.23. The van der Waals surface area contributed by atoms with Gasteiger partial charge in [-0.25, -0.2) is 9.37 Å². The lowest BCUT2D eigenvalue weighted by Gasteiger charge is -2.11. The maximum absolute atomic E-state index is 14.1. The molecule has 140 valence electrons. The summed E-state index contributed by atoms with van der Waals surface area (Å²) >= 11 is 6.00. The highest BCUT2D eigenvalue weighted by Gasteiger charge is 2.19. The summed E-state index contributed by atoms with van der Waals surface area (Å²) in [4.78, 5) is 17.3. The first-order valence-corrected chi connectivity index (χ1v) is 9.00. The van der Waals surface area contributed by atoms with Crippen molar-refractivity contribution in [1.29, 1.82) is 0 Å². The fourth-order valence-corrected chi connectivity index (χ4v) is 3.35. The zero-order valence-electron chi connectivity index (χ0n) is 15.2. The lowest BCUT2D eigenvalue weighted by Crippen LogP contribution is -2.17. The molecule has 0 radical (unpaired) electrons. The molecular formula is C21H16ClFN4O. The van der Waals surface area contributed by atoms with Crippen molar-refractivity contribution in [2.75, 3.05) is 5.32 Å². The zero-order valence-corrected chi connectivity index (χ0v) is 16.0. The lowest BCUT2D eigenvalue weighted by atomic mass is 10.1. The van der Waals surface area contributed by atoms with E-state index in [4.69, 9.17) is 11.6 Å². The molecule has 2 heterocycles. The van der Waals surface area contributed by atoms with Crippen LogP contribution in [0.25, 0.3) is 16.7 Å². The van der Waals surface area contributed by atoms with Gasteiger partial charge in [-0.15, -0.1) is 0 Å². The molecule has 0 bridgehead atoms. The highest BCUT2D eigenvalue weighted by molar-refractivity contribution is 6.34. The minimum atomic E-state index is -0.688. The van der Waals surface area contributed by atoms with Crippen molar-refractivity contribution in [2.45, 2.75) is 13.8 Å². The van der Waals surface area contributed by atoms with E-state index in [9.17, 15) is 9.18 Å². The first kappa shape index (κ1) is 18.1. The van der Waals surface area contributed by atoms with Crippen LogP contribution in [0, 0.1) is 19.7 Å². The Morgan fingerprint density at radius 1 is 1.11 bits per heavy atom. The van der Waals surface area contributed by atoms with Crippen LogP contribution in [0.4, 0.5) is 10.2 Å². The van der Waals surface area contributed by atoms with E-state index in [2.05, 4.69) is 15.4 Å². The third-order valence-corrected chi connectivity index (χ3v) is 4.70. The van der Waals surface area contributed by atoms with Gasteiger partial charge in [-0.2, -0.15) is 9.78 Å². The molecule has 0 spiro atoms. The SMILES string of the molecule is Cc1cc(NC(=O)c2c(F)cccc2Cl)n(-c2cc(C)c3ccccc3n2)n1. The van der Waals surface area contributed by atoms with Gasteiger partial charge in [0, 0.05) is 11.5 Å². The third-order valence-electron chi connectivity index (χ3n) is 4.39. The van der Waals surface area contributed by atoms with Crippen LogP contribution in [0.3, 0.4) is 0 Å². The Morgan fingerprint density at radius 2 is 1.89 bits per heavy atom. The molecule has 0 fully saturated rings. The van der Waals surface area contributed by atoms with Crippen molar-refractivity contribution in [3.05, 3.63) is 82.3 Å². The predicted octanol–water partition coefficient (Wildman–Crippen LogP) is 5.08. The van der Waals surface area contributed by atoms with Crippen LogP contribution in [-0.2, 0) is 0 Å². The summed E-state index contributed by atoms with van der Waals surface area (Å²) < 4.78 is 15.6. The molecule has 0 unspecified atom stereocenters. The summed E-state index contributed by atoms with van der Waals surface area (Å²) in [6.07, 6.45) is 0. The highest BCUT2D eigenvalue weighted by atomic mass is 35.5. The van der Waals surface area contributed by atoms with E-state index in [1.807, 2.05) is 37.3 Å². The number of para-hydroxylation sites is 1. The zero-order chi connectivity index (χ0) is 19.8. The minimum absolute atomic E-state index is 0.0416. The largest absolute Gasteiger partial charge is 0.306 e. The lowest BCUT2D eigenvalue weighted by molar-refractivity contribution is 0.102. The van der Waals surface area contributed by atoms with Gasteiger partial charge in [0.25, 0.3) is 5.91 Å². The fourth-order valence-electron chi connectivity index (χ4n) is 3.10. The Balaban J connectivity index is 1.77. The van der Waals surface area contributed by atoms with Crippen LogP contribution in [0.15, 0.2) is 54.6 Å². The van der Waals surface area contributed by atoms with E-state index in [1.165, 1.54) is 22.9 Å². The van der Waals surface area contributed by atoms with Gasteiger partial charge >= 0.3 is 0 Å². The molecule has 4 rings (SSSR count). The van der Waals surface area contributed by atoms with Gasteiger partial charge < -0.3 is 5.32 Å².